The monoisotopic (exact) mass is 330 g/mol. The summed E-state index contributed by atoms with van der Waals surface area (Å²) >= 11 is 1.42. The van der Waals surface area contributed by atoms with E-state index in [2.05, 4.69) is 12.2 Å². The van der Waals surface area contributed by atoms with E-state index in [0.717, 1.165) is 43.6 Å². The number of likely N-dealkylation sites (N-methyl/N-ethyl adjacent to an activating group) is 1. The highest BCUT2D eigenvalue weighted by Gasteiger charge is 2.36. The van der Waals surface area contributed by atoms with Gasteiger partial charge in [0, 0.05) is 17.0 Å². The van der Waals surface area contributed by atoms with Gasteiger partial charge >= 0.3 is 0 Å². The van der Waals surface area contributed by atoms with E-state index in [1.165, 1.54) is 11.3 Å². The van der Waals surface area contributed by atoms with E-state index in [4.69, 9.17) is 0 Å². The molecule has 4 nitrogen and oxygen atoms in total. The second-order valence-corrected chi connectivity index (χ2v) is 9.03. The van der Waals surface area contributed by atoms with Crippen molar-refractivity contribution in [2.45, 2.75) is 62.7 Å². The summed E-state index contributed by atoms with van der Waals surface area (Å²) in [5, 5.41) is 3.27. The number of sulfonamides is 1. The lowest BCUT2D eigenvalue weighted by molar-refractivity contribution is 0.204. The maximum atomic E-state index is 12.9. The fourth-order valence-corrected chi connectivity index (χ4v) is 6.34. The summed E-state index contributed by atoms with van der Waals surface area (Å²) in [6.07, 6.45) is 3.93. The predicted molar refractivity (Wildman–Crippen MR) is 88.4 cm³/mol. The summed E-state index contributed by atoms with van der Waals surface area (Å²) in [4.78, 5) is 1.13. The molecule has 1 N–H and O–H groups in total. The largest absolute Gasteiger partial charge is 0.317 e. The first-order chi connectivity index (χ1) is 9.96. The van der Waals surface area contributed by atoms with Gasteiger partial charge in [-0.25, -0.2) is 8.42 Å². The molecular weight excluding hydrogens is 304 g/mol. The van der Waals surface area contributed by atoms with Gasteiger partial charge in [-0.15, -0.1) is 11.3 Å². The van der Waals surface area contributed by atoms with Crippen molar-refractivity contribution in [2.75, 3.05) is 13.1 Å². The molecule has 1 aromatic rings. The van der Waals surface area contributed by atoms with Gasteiger partial charge in [-0.05, 0) is 58.3 Å². The predicted octanol–water partition coefficient (Wildman–Crippen LogP) is 2.85. The number of nitrogens with one attached hydrogen (secondary N) is 1. The molecule has 1 fully saturated rings. The lowest BCUT2D eigenvalue weighted by atomic mass is 10.0. The highest BCUT2D eigenvalue weighted by atomic mass is 32.2. The van der Waals surface area contributed by atoms with Gasteiger partial charge in [-0.1, -0.05) is 13.3 Å². The van der Waals surface area contributed by atoms with E-state index >= 15 is 0 Å². The number of piperidine rings is 1. The Balaban J connectivity index is 2.15. The van der Waals surface area contributed by atoms with Crippen LogP contribution in [0.2, 0.25) is 0 Å². The number of hydrogen-bond acceptors (Lipinski definition) is 4. The molecule has 0 spiro atoms. The van der Waals surface area contributed by atoms with Crippen molar-refractivity contribution >= 4 is 21.4 Å². The summed E-state index contributed by atoms with van der Waals surface area (Å²) < 4.78 is 28.0. The Hall–Kier alpha value is -0.430. The van der Waals surface area contributed by atoms with Crippen molar-refractivity contribution in [2.24, 2.45) is 0 Å². The van der Waals surface area contributed by atoms with Crippen LogP contribution in [-0.4, -0.2) is 37.9 Å². The standard InChI is InChI=1S/C15H26N2O2S2/c1-4-16-11-10-14-8-9-15(20-14)21(18,19)17-12(2)6-5-7-13(17)3/h8-9,12-13,16H,4-7,10-11H2,1-3H3/t12-,13+. The minimum Gasteiger partial charge on any atom is -0.317 e. The van der Waals surface area contributed by atoms with Crippen LogP contribution in [0.25, 0.3) is 0 Å². The van der Waals surface area contributed by atoms with Crippen LogP contribution >= 0.6 is 11.3 Å². The Morgan fingerprint density at radius 1 is 1.29 bits per heavy atom. The average molecular weight is 331 g/mol. The van der Waals surface area contributed by atoms with Crippen molar-refractivity contribution < 1.29 is 8.42 Å². The molecular formula is C15H26N2O2S2. The Morgan fingerprint density at radius 2 is 1.95 bits per heavy atom. The maximum Gasteiger partial charge on any atom is 0.253 e. The van der Waals surface area contributed by atoms with Crippen molar-refractivity contribution in [1.82, 2.24) is 9.62 Å². The summed E-state index contributed by atoms with van der Waals surface area (Å²) in [5.41, 5.74) is 0. The van der Waals surface area contributed by atoms with Crippen molar-refractivity contribution in [3.8, 4) is 0 Å². The highest BCUT2D eigenvalue weighted by Crippen LogP contribution is 2.32. The average Bonchev–Trinajstić information content (AvgIpc) is 2.88. The molecule has 0 aromatic carbocycles. The number of nitrogens with zero attached hydrogens (tertiary/aromatic N) is 1. The molecule has 0 bridgehead atoms. The second kappa shape index (κ2) is 7.22. The van der Waals surface area contributed by atoms with Crippen molar-refractivity contribution in [3.05, 3.63) is 17.0 Å². The quantitative estimate of drug-likeness (QED) is 0.816. The summed E-state index contributed by atoms with van der Waals surface area (Å²) in [7, 11) is -3.34. The Bertz CT molecular complexity index is 544. The molecule has 2 atom stereocenters. The van der Waals surface area contributed by atoms with Gasteiger partial charge in [0.2, 0.25) is 0 Å². The summed E-state index contributed by atoms with van der Waals surface area (Å²) in [5.74, 6) is 0. The molecule has 0 saturated carbocycles. The van der Waals surface area contributed by atoms with Crippen LogP contribution in [0.1, 0.15) is 44.9 Å². The Kier molecular flexibility index (Phi) is 5.82. The smallest absolute Gasteiger partial charge is 0.253 e. The van der Waals surface area contributed by atoms with E-state index in [9.17, 15) is 8.42 Å². The molecule has 0 amide bonds. The van der Waals surface area contributed by atoms with Crippen molar-refractivity contribution in [3.63, 3.8) is 0 Å². The molecule has 0 unspecified atom stereocenters. The fourth-order valence-electron chi connectivity index (χ4n) is 2.99. The van der Waals surface area contributed by atoms with Gasteiger partial charge < -0.3 is 5.32 Å². The molecule has 120 valence electrons. The van der Waals surface area contributed by atoms with Gasteiger partial charge in [0.25, 0.3) is 10.0 Å². The zero-order valence-electron chi connectivity index (χ0n) is 13.1. The normalized spacial score (nSPS) is 24.3. The van der Waals surface area contributed by atoms with E-state index in [1.807, 2.05) is 19.9 Å². The van der Waals surface area contributed by atoms with Crippen LogP contribution in [0, 0.1) is 0 Å². The van der Waals surface area contributed by atoms with Crippen molar-refractivity contribution in [1.29, 1.82) is 0 Å². The van der Waals surface area contributed by atoms with Crippen LogP contribution in [0.15, 0.2) is 16.3 Å². The first-order valence-electron chi connectivity index (χ1n) is 7.79. The molecule has 1 aliphatic heterocycles. The molecule has 21 heavy (non-hydrogen) atoms. The number of thiophene rings is 1. The van der Waals surface area contributed by atoms with E-state index in [1.54, 1.807) is 10.4 Å². The topological polar surface area (TPSA) is 49.4 Å². The molecule has 2 heterocycles. The second-order valence-electron chi connectivity index (χ2n) is 5.79. The molecule has 0 radical (unpaired) electrons. The van der Waals surface area contributed by atoms with E-state index in [-0.39, 0.29) is 12.1 Å². The Labute approximate surface area is 132 Å². The van der Waals surface area contributed by atoms with E-state index < -0.39 is 10.0 Å². The van der Waals surface area contributed by atoms with Gasteiger partial charge in [-0.2, -0.15) is 4.31 Å². The SMILES string of the molecule is CCNCCc1ccc(S(=O)(=O)N2[C@H](C)CCC[C@@H]2C)s1. The van der Waals surface area contributed by atoms with Gasteiger partial charge in [-0.3, -0.25) is 0 Å². The van der Waals surface area contributed by atoms with Crippen LogP contribution < -0.4 is 5.32 Å². The zero-order valence-corrected chi connectivity index (χ0v) is 14.8. The summed E-state index contributed by atoms with van der Waals surface area (Å²) in [6, 6.07) is 3.93. The minimum absolute atomic E-state index is 0.103. The van der Waals surface area contributed by atoms with Gasteiger partial charge in [0.15, 0.2) is 0 Å². The molecule has 1 aromatic heterocycles. The Morgan fingerprint density at radius 3 is 2.57 bits per heavy atom. The first kappa shape index (κ1) is 16.9. The molecule has 6 heteroatoms. The molecule has 2 rings (SSSR count). The van der Waals surface area contributed by atoms with Gasteiger partial charge in [0.1, 0.15) is 4.21 Å². The lowest BCUT2D eigenvalue weighted by Crippen LogP contribution is -2.47. The third kappa shape index (κ3) is 3.86. The maximum absolute atomic E-state index is 12.9. The molecule has 0 aliphatic carbocycles. The number of hydrogen-bond donors (Lipinski definition) is 1. The molecule has 1 aliphatic rings. The van der Waals surface area contributed by atoms with Crippen LogP contribution in [-0.2, 0) is 16.4 Å². The number of rotatable bonds is 6. The summed E-state index contributed by atoms with van der Waals surface area (Å²) in [6.45, 7) is 7.95. The molecule has 1 saturated heterocycles. The zero-order chi connectivity index (χ0) is 15.5. The minimum atomic E-state index is -3.34. The first-order valence-corrected chi connectivity index (χ1v) is 10.1. The van der Waals surface area contributed by atoms with Gasteiger partial charge in [0.05, 0.1) is 0 Å². The fraction of sp³-hybridized carbons (Fsp3) is 0.733. The lowest BCUT2D eigenvalue weighted by Gasteiger charge is -2.37. The third-order valence-corrected chi connectivity index (χ3v) is 7.82. The third-order valence-electron chi connectivity index (χ3n) is 4.08. The highest BCUT2D eigenvalue weighted by molar-refractivity contribution is 7.91. The van der Waals surface area contributed by atoms with Crippen LogP contribution in [0.3, 0.4) is 0 Å². The van der Waals surface area contributed by atoms with E-state index in [0.29, 0.717) is 4.21 Å². The van der Waals surface area contributed by atoms with Crippen LogP contribution in [0.4, 0.5) is 0 Å². The van der Waals surface area contributed by atoms with Crippen LogP contribution in [0.5, 0.6) is 0 Å².